The molecule has 0 spiro atoms. The van der Waals surface area contributed by atoms with Crippen LogP contribution in [0.5, 0.6) is 0 Å². The normalized spacial score (nSPS) is 16.8. The first kappa shape index (κ1) is 17.9. The Labute approximate surface area is 114 Å². The zero-order chi connectivity index (χ0) is 14.0. The number of aliphatic hydroxyl groups is 1. The second-order valence-corrected chi connectivity index (χ2v) is 6.31. The smallest absolute Gasteiger partial charge is 0.0490 e. The van der Waals surface area contributed by atoms with Crippen molar-refractivity contribution >= 4 is 0 Å². The summed E-state index contributed by atoms with van der Waals surface area (Å²) in [6.07, 6.45) is 9.12. The van der Waals surface area contributed by atoms with E-state index in [2.05, 4.69) is 27.7 Å². The van der Waals surface area contributed by atoms with Gasteiger partial charge in [-0.1, -0.05) is 66.2 Å². The fourth-order valence-electron chi connectivity index (χ4n) is 2.67. The molecule has 0 saturated carbocycles. The van der Waals surface area contributed by atoms with Gasteiger partial charge in [-0.05, 0) is 30.2 Å². The van der Waals surface area contributed by atoms with Gasteiger partial charge in [0.1, 0.15) is 0 Å². The fourth-order valence-corrected chi connectivity index (χ4v) is 2.67. The molecule has 0 aliphatic heterocycles. The van der Waals surface area contributed by atoms with Crippen LogP contribution >= 0.6 is 0 Å². The second-order valence-electron chi connectivity index (χ2n) is 6.31. The van der Waals surface area contributed by atoms with E-state index in [1.807, 2.05) is 0 Å². The molecule has 1 unspecified atom stereocenters. The van der Waals surface area contributed by atoms with E-state index in [1.54, 1.807) is 0 Å². The Morgan fingerprint density at radius 3 is 2.06 bits per heavy atom. The SMILES string of the molecule is CCCCCCCCC(CN)[C@](C)(CO)C(C)C. The lowest BCUT2D eigenvalue weighted by Gasteiger charge is -2.39. The van der Waals surface area contributed by atoms with Crippen LogP contribution in [0.3, 0.4) is 0 Å². The average molecular weight is 257 g/mol. The maximum absolute atomic E-state index is 9.67. The zero-order valence-corrected chi connectivity index (χ0v) is 13.0. The third kappa shape index (κ3) is 5.71. The fraction of sp³-hybridized carbons (Fsp3) is 1.00. The summed E-state index contributed by atoms with van der Waals surface area (Å²) in [5, 5.41) is 9.67. The van der Waals surface area contributed by atoms with E-state index in [0.29, 0.717) is 18.4 Å². The van der Waals surface area contributed by atoms with Crippen molar-refractivity contribution in [2.45, 2.75) is 72.6 Å². The van der Waals surface area contributed by atoms with E-state index in [4.69, 9.17) is 5.73 Å². The Balaban J connectivity index is 4.02. The summed E-state index contributed by atoms with van der Waals surface area (Å²) in [5.74, 6) is 0.935. The monoisotopic (exact) mass is 257 g/mol. The second kappa shape index (κ2) is 9.80. The molecular weight excluding hydrogens is 222 g/mol. The molecule has 18 heavy (non-hydrogen) atoms. The number of aliphatic hydroxyl groups excluding tert-OH is 1. The predicted octanol–water partition coefficient (Wildman–Crippen LogP) is 3.97. The van der Waals surface area contributed by atoms with Crippen LogP contribution in [0.4, 0.5) is 0 Å². The summed E-state index contributed by atoms with van der Waals surface area (Å²) in [6, 6.07) is 0. The summed E-state index contributed by atoms with van der Waals surface area (Å²) in [7, 11) is 0. The maximum atomic E-state index is 9.67. The molecule has 0 amide bonds. The Bertz CT molecular complexity index is 194. The van der Waals surface area contributed by atoms with Crippen molar-refractivity contribution in [3.8, 4) is 0 Å². The van der Waals surface area contributed by atoms with Crippen molar-refractivity contribution in [1.82, 2.24) is 0 Å². The number of hydrogen-bond donors (Lipinski definition) is 2. The minimum absolute atomic E-state index is 0.0157. The third-order valence-corrected chi connectivity index (χ3v) is 4.78. The first-order valence-electron chi connectivity index (χ1n) is 7.83. The van der Waals surface area contributed by atoms with Gasteiger partial charge in [0.05, 0.1) is 0 Å². The van der Waals surface area contributed by atoms with E-state index in [-0.39, 0.29) is 12.0 Å². The lowest BCUT2D eigenvalue weighted by Crippen LogP contribution is -2.40. The quantitative estimate of drug-likeness (QED) is 0.550. The van der Waals surface area contributed by atoms with Crippen LogP contribution in [-0.2, 0) is 0 Å². The molecule has 0 radical (unpaired) electrons. The van der Waals surface area contributed by atoms with Crippen LogP contribution in [0.15, 0.2) is 0 Å². The predicted molar refractivity (Wildman–Crippen MR) is 80.6 cm³/mol. The summed E-state index contributed by atoms with van der Waals surface area (Å²) >= 11 is 0. The van der Waals surface area contributed by atoms with Crippen LogP contribution in [0.1, 0.15) is 72.6 Å². The number of nitrogens with two attached hydrogens (primary N) is 1. The van der Waals surface area contributed by atoms with Crippen molar-refractivity contribution in [3.05, 3.63) is 0 Å². The van der Waals surface area contributed by atoms with Crippen LogP contribution in [0, 0.1) is 17.3 Å². The first-order valence-corrected chi connectivity index (χ1v) is 7.83. The molecule has 0 rings (SSSR count). The third-order valence-electron chi connectivity index (χ3n) is 4.78. The highest BCUT2D eigenvalue weighted by Gasteiger charge is 2.35. The van der Waals surface area contributed by atoms with Crippen molar-refractivity contribution in [3.63, 3.8) is 0 Å². The van der Waals surface area contributed by atoms with Gasteiger partial charge < -0.3 is 10.8 Å². The molecule has 2 nitrogen and oxygen atoms in total. The van der Waals surface area contributed by atoms with Gasteiger partial charge in [-0.15, -0.1) is 0 Å². The number of unbranched alkanes of at least 4 members (excludes halogenated alkanes) is 5. The maximum Gasteiger partial charge on any atom is 0.0490 e. The molecule has 0 aromatic rings. The number of rotatable bonds is 11. The van der Waals surface area contributed by atoms with E-state index in [9.17, 15) is 5.11 Å². The Morgan fingerprint density at radius 2 is 1.61 bits per heavy atom. The highest BCUT2D eigenvalue weighted by molar-refractivity contribution is 4.85. The van der Waals surface area contributed by atoms with Gasteiger partial charge in [0.25, 0.3) is 0 Å². The summed E-state index contributed by atoms with van der Waals surface area (Å²) in [4.78, 5) is 0. The highest BCUT2D eigenvalue weighted by atomic mass is 16.3. The number of hydrogen-bond acceptors (Lipinski definition) is 2. The van der Waals surface area contributed by atoms with Crippen molar-refractivity contribution in [2.24, 2.45) is 23.0 Å². The minimum atomic E-state index is -0.0157. The highest BCUT2D eigenvalue weighted by Crippen LogP contribution is 2.37. The van der Waals surface area contributed by atoms with E-state index in [0.717, 1.165) is 6.42 Å². The Hall–Kier alpha value is -0.0800. The van der Waals surface area contributed by atoms with Gasteiger partial charge in [-0.3, -0.25) is 0 Å². The molecule has 0 aromatic heterocycles. The van der Waals surface area contributed by atoms with Crippen LogP contribution in [-0.4, -0.2) is 18.3 Å². The molecule has 110 valence electrons. The summed E-state index contributed by atoms with van der Waals surface area (Å²) < 4.78 is 0. The van der Waals surface area contributed by atoms with Crippen molar-refractivity contribution in [2.75, 3.05) is 13.2 Å². The molecule has 3 N–H and O–H groups in total. The Kier molecular flexibility index (Phi) is 9.76. The van der Waals surface area contributed by atoms with Crippen LogP contribution < -0.4 is 5.73 Å². The first-order chi connectivity index (χ1) is 8.52. The van der Waals surface area contributed by atoms with Gasteiger partial charge in [-0.25, -0.2) is 0 Å². The Morgan fingerprint density at radius 1 is 1.06 bits per heavy atom. The van der Waals surface area contributed by atoms with Crippen LogP contribution in [0.25, 0.3) is 0 Å². The van der Waals surface area contributed by atoms with Gasteiger partial charge in [0.2, 0.25) is 0 Å². The van der Waals surface area contributed by atoms with Gasteiger partial charge in [0, 0.05) is 6.61 Å². The van der Waals surface area contributed by atoms with Crippen LogP contribution in [0.2, 0.25) is 0 Å². The minimum Gasteiger partial charge on any atom is -0.396 e. The molecule has 0 heterocycles. The zero-order valence-electron chi connectivity index (χ0n) is 13.0. The molecule has 0 saturated heterocycles. The molecule has 2 atom stereocenters. The topological polar surface area (TPSA) is 46.2 Å². The largest absolute Gasteiger partial charge is 0.396 e. The molecule has 0 aliphatic rings. The van der Waals surface area contributed by atoms with Crippen molar-refractivity contribution in [1.29, 1.82) is 0 Å². The van der Waals surface area contributed by atoms with E-state index < -0.39 is 0 Å². The molecule has 2 heteroatoms. The van der Waals surface area contributed by atoms with E-state index in [1.165, 1.54) is 38.5 Å². The molecule has 0 aromatic carbocycles. The van der Waals surface area contributed by atoms with Crippen molar-refractivity contribution < 1.29 is 5.11 Å². The molecular formula is C16H35NO. The average Bonchev–Trinajstić information content (AvgIpc) is 2.37. The summed E-state index contributed by atoms with van der Waals surface area (Å²) in [6.45, 7) is 9.78. The van der Waals surface area contributed by atoms with Gasteiger partial charge in [-0.2, -0.15) is 0 Å². The van der Waals surface area contributed by atoms with Gasteiger partial charge in [0.15, 0.2) is 0 Å². The summed E-state index contributed by atoms with van der Waals surface area (Å²) in [5.41, 5.74) is 5.91. The molecule has 0 aliphatic carbocycles. The van der Waals surface area contributed by atoms with Gasteiger partial charge >= 0.3 is 0 Å². The lowest BCUT2D eigenvalue weighted by molar-refractivity contribution is 0.0313. The molecule has 0 fully saturated rings. The standard InChI is InChI=1S/C16H35NO/c1-5-6-7-8-9-10-11-15(12-17)16(4,13-18)14(2)3/h14-15,18H,5-13,17H2,1-4H3/t15?,16-/m1/s1. The van der Waals surface area contributed by atoms with E-state index >= 15 is 0 Å². The lowest BCUT2D eigenvalue weighted by atomic mass is 9.68. The molecule has 0 bridgehead atoms.